The molecule has 2 heterocycles. The highest BCUT2D eigenvalue weighted by molar-refractivity contribution is 6.30. The molecule has 2 aromatic carbocycles. The molecule has 0 radical (unpaired) electrons. The van der Waals surface area contributed by atoms with Gasteiger partial charge in [0.25, 0.3) is 5.91 Å². The molecule has 9 heteroatoms. The average molecular weight is 540 g/mol. The minimum atomic E-state index is -3.01. The summed E-state index contributed by atoms with van der Waals surface area (Å²) in [5, 5.41) is 30.5. The number of amides is 1. The smallest absolute Gasteiger partial charge is 0.257 e. The number of fused-ring (bicyclic) bond motifs is 1. The summed E-state index contributed by atoms with van der Waals surface area (Å²) in [4.78, 5) is 19.5. The summed E-state index contributed by atoms with van der Waals surface area (Å²) in [5.74, 6) is -1.75. The van der Waals surface area contributed by atoms with Crippen LogP contribution in [0.3, 0.4) is 0 Å². The highest BCUT2D eigenvalue weighted by Gasteiger charge is 2.56. The Morgan fingerprint density at radius 2 is 1.97 bits per heavy atom. The van der Waals surface area contributed by atoms with E-state index < -0.39 is 41.6 Å². The first kappa shape index (κ1) is 21.6. The number of nitrogens with zero attached hydrogens (tertiary/aromatic N) is 3. The summed E-state index contributed by atoms with van der Waals surface area (Å²) in [5.41, 5.74) is -5.73. The highest BCUT2D eigenvalue weighted by Crippen LogP contribution is 2.52. The monoisotopic (exact) mass is 539 g/mol. The van der Waals surface area contributed by atoms with Crippen molar-refractivity contribution >= 4 is 17.5 Å². The summed E-state index contributed by atoms with van der Waals surface area (Å²) in [6.07, 6.45) is 1.15. The first-order chi connectivity index (χ1) is 19.5. The fraction of sp³-hybridized carbons (Fsp3) is 0.345. The second-order valence-corrected chi connectivity index (χ2v) is 10.5. The maximum atomic E-state index is 16.4. The number of carbonyl (C=O) groups is 1. The van der Waals surface area contributed by atoms with Crippen molar-refractivity contribution in [2.24, 2.45) is 5.41 Å². The van der Waals surface area contributed by atoms with Gasteiger partial charge in [0, 0.05) is 22.2 Å². The van der Waals surface area contributed by atoms with Gasteiger partial charge in [-0.15, -0.1) is 0 Å². The predicted molar refractivity (Wildman–Crippen MR) is 137 cm³/mol. The molecule has 1 fully saturated rings. The van der Waals surface area contributed by atoms with Gasteiger partial charge in [-0.25, -0.2) is 4.39 Å². The Kier molecular flexibility index (Phi) is 5.36. The molecule has 0 spiro atoms. The zero-order valence-corrected chi connectivity index (χ0v) is 21.4. The number of pyridine rings is 1. The lowest BCUT2D eigenvalue weighted by molar-refractivity contribution is -0.130. The van der Waals surface area contributed by atoms with Gasteiger partial charge in [0.05, 0.1) is 53.1 Å². The van der Waals surface area contributed by atoms with Crippen LogP contribution in [0.1, 0.15) is 70.5 Å². The molecule has 1 amide bonds. The first-order valence-electron chi connectivity index (χ1n) is 13.9. The van der Waals surface area contributed by atoms with E-state index in [0.717, 1.165) is 11.0 Å². The Labute approximate surface area is 230 Å². The number of aliphatic hydroxyl groups is 2. The number of hydrogen-bond acceptors (Lipinski definition) is 6. The number of aromatic nitrogens is 1. The van der Waals surface area contributed by atoms with Crippen molar-refractivity contribution < 1.29 is 29.6 Å². The molecule has 0 bridgehead atoms. The van der Waals surface area contributed by atoms with Crippen molar-refractivity contribution in [2.75, 3.05) is 13.1 Å². The van der Waals surface area contributed by atoms with Crippen LogP contribution in [0.15, 0.2) is 54.7 Å². The molecule has 5 rings (SSSR count). The van der Waals surface area contributed by atoms with E-state index >= 15 is 4.39 Å². The third-order valence-electron chi connectivity index (χ3n) is 6.86. The molecule has 3 aromatic rings. The molecule has 196 valence electrons. The Hall–Kier alpha value is -3.35. The van der Waals surface area contributed by atoms with Crippen LogP contribution in [0.5, 0.6) is 0 Å². The molecule has 1 aliphatic heterocycles. The minimum absolute atomic E-state index is 0.0711. The van der Waals surface area contributed by atoms with Crippen LogP contribution in [0, 0.1) is 22.6 Å². The fourth-order valence-corrected chi connectivity index (χ4v) is 4.63. The van der Waals surface area contributed by atoms with Gasteiger partial charge < -0.3 is 14.9 Å². The summed E-state index contributed by atoms with van der Waals surface area (Å²) in [6, 6.07) is 13.1. The van der Waals surface area contributed by atoms with Crippen molar-refractivity contribution in [2.45, 2.75) is 44.6 Å². The molecule has 0 unspecified atom stereocenters. The lowest BCUT2D eigenvalue weighted by atomic mass is 9.88. The second-order valence-electron chi connectivity index (χ2n) is 10.0. The number of halogens is 2. The summed E-state index contributed by atoms with van der Waals surface area (Å²) < 4.78 is 56.4. The third kappa shape index (κ3) is 4.46. The van der Waals surface area contributed by atoms with Gasteiger partial charge in [0.2, 0.25) is 0 Å². The second kappa shape index (κ2) is 9.44. The lowest BCUT2D eigenvalue weighted by Crippen LogP contribution is -2.48. The SMILES string of the molecule is [2H]C([2H])(O)C1(C([2H])([2H])O[C@]2(c3ccc(Cl)cc3)c3c(F)cc(C(C)(C)O)cc3C(=O)N2Cc2ccc(C#N)cn2)CC1. The lowest BCUT2D eigenvalue weighted by Gasteiger charge is -2.40. The number of ether oxygens (including phenoxy) is 1. The Balaban J connectivity index is 1.81. The third-order valence-corrected chi connectivity index (χ3v) is 7.11. The minimum Gasteiger partial charge on any atom is -0.396 e. The van der Waals surface area contributed by atoms with E-state index in [0.29, 0.717) is 5.02 Å². The molecule has 1 atom stereocenters. The standard InChI is InChI=1S/C29H27ClFN3O4/c1-27(2,37)20-11-23-25(24(31)12-20)29(19-4-6-21(30)7-5-19,38-17-28(16-35)9-10-28)34(26(23)36)15-22-8-3-18(13-32)14-33-22/h3-8,11-12,14,35,37H,9-10,15-17H2,1-2H3/t29-/m1/s1/i16D2,17D2. The fourth-order valence-electron chi connectivity index (χ4n) is 4.50. The number of carbonyl (C=O) groups excluding carboxylic acids is 1. The molecule has 38 heavy (non-hydrogen) atoms. The van der Waals surface area contributed by atoms with E-state index in [-0.39, 0.29) is 52.9 Å². The van der Waals surface area contributed by atoms with Gasteiger partial charge in [-0.3, -0.25) is 14.7 Å². The number of benzene rings is 2. The highest BCUT2D eigenvalue weighted by atomic mass is 35.5. The van der Waals surface area contributed by atoms with Crippen LogP contribution in [0.4, 0.5) is 4.39 Å². The average Bonchev–Trinajstić information content (AvgIpc) is 3.70. The van der Waals surface area contributed by atoms with E-state index in [9.17, 15) is 20.3 Å². The molecule has 0 saturated heterocycles. The molecule has 2 N–H and O–H groups in total. The van der Waals surface area contributed by atoms with Crippen molar-refractivity contribution in [3.05, 3.63) is 99.1 Å². The van der Waals surface area contributed by atoms with Gasteiger partial charge in [-0.2, -0.15) is 5.26 Å². The molecule has 1 aliphatic carbocycles. The quantitative estimate of drug-likeness (QED) is 0.432. The first-order valence-corrected chi connectivity index (χ1v) is 12.3. The summed E-state index contributed by atoms with van der Waals surface area (Å²) >= 11 is 6.15. The maximum Gasteiger partial charge on any atom is 0.257 e. The number of nitriles is 1. The predicted octanol–water partition coefficient (Wildman–Crippen LogP) is 4.62. The molecular weight excluding hydrogens is 509 g/mol. The zero-order chi connectivity index (χ0) is 30.9. The Bertz CT molecular complexity index is 1600. The molecule has 1 aromatic heterocycles. The molecule has 7 nitrogen and oxygen atoms in total. The van der Waals surface area contributed by atoms with E-state index in [1.54, 1.807) is 0 Å². The van der Waals surface area contributed by atoms with Crippen LogP contribution in [0.25, 0.3) is 0 Å². The van der Waals surface area contributed by atoms with Crippen LogP contribution >= 0.6 is 11.6 Å². The molecular formula is C29H27ClFN3O4. The van der Waals surface area contributed by atoms with Crippen LogP contribution in [-0.2, 0) is 22.6 Å². The zero-order valence-electron chi connectivity index (χ0n) is 24.6. The van der Waals surface area contributed by atoms with E-state index in [4.69, 9.17) is 21.8 Å². The summed E-state index contributed by atoms with van der Waals surface area (Å²) in [7, 11) is 0. The number of rotatable bonds is 8. The van der Waals surface area contributed by atoms with Gasteiger partial charge in [-0.1, -0.05) is 23.7 Å². The van der Waals surface area contributed by atoms with Crippen LogP contribution in [0.2, 0.25) is 5.02 Å². The van der Waals surface area contributed by atoms with E-state index in [2.05, 4.69) is 4.98 Å². The number of hydrogen-bond donors (Lipinski definition) is 2. The van der Waals surface area contributed by atoms with Crippen molar-refractivity contribution in [3.63, 3.8) is 0 Å². The van der Waals surface area contributed by atoms with Crippen LogP contribution < -0.4 is 0 Å². The van der Waals surface area contributed by atoms with Crippen molar-refractivity contribution in [1.82, 2.24) is 9.88 Å². The van der Waals surface area contributed by atoms with Crippen molar-refractivity contribution in [3.8, 4) is 6.07 Å². The van der Waals surface area contributed by atoms with Gasteiger partial charge in [0.1, 0.15) is 11.9 Å². The van der Waals surface area contributed by atoms with E-state index in [1.807, 2.05) is 6.07 Å². The van der Waals surface area contributed by atoms with Gasteiger partial charge in [0.15, 0.2) is 5.72 Å². The van der Waals surface area contributed by atoms with Crippen molar-refractivity contribution in [1.29, 1.82) is 5.26 Å². The molecule has 1 saturated carbocycles. The Morgan fingerprint density at radius 3 is 2.53 bits per heavy atom. The van der Waals surface area contributed by atoms with Gasteiger partial charge >= 0.3 is 0 Å². The van der Waals surface area contributed by atoms with E-state index in [1.165, 1.54) is 62.5 Å². The largest absolute Gasteiger partial charge is 0.396 e. The maximum absolute atomic E-state index is 16.4. The normalized spacial score (nSPS) is 22.1. The van der Waals surface area contributed by atoms with Gasteiger partial charge in [-0.05, 0) is 68.7 Å². The topological polar surface area (TPSA) is 107 Å². The van der Waals surface area contributed by atoms with Crippen LogP contribution in [-0.4, -0.2) is 39.1 Å². The Morgan fingerprint density at radius 1 is 1.26 bits per heavy atom. The molecule has 2 aliphatic rings. The summed E-state index contributed by atoms with van der Waals surface area (Å²) in [6.45, 7) is -3.44.